The van der Waals surface area contributed by atoms with Crippen LogP contribution in [0.2, 0.25) is 0 Å². The number of benzene rings is 2. The van der Waals surface area contributed by atoms with Gasteiger partial charge in [-0.25, -0.2) is 13.1 Å². The van der Waals surface area contributed by atoms with Crippen molar-refractivity contribution < 1.29 is 18.3 Å². The van der Waals surface area contributed by atoms with Crippen LogP contribution in [-0.4, -0.2) is 19.4 Å². The minimum absolute atomic E-state index is 0.000583. The topological polar surface area (TPSA) is 95.5 Å². The van der Waals surface area contributed by atoms with Gasteiger partial charge in [0.15, 0.2) is 0 Å². The molecule has 0 fully saturated rings. The van der Waals surface area contributed by atoms with Crippen LogP contribution >= 0.6 is 11.3 Å². The fourth-order valence-corrected chi connectivity index (χ4v) is 4.55. The highest BCUT2D eigenvalue weighted by atomic mass is 32.2. The molecule has 0 unspecified atom stereocenters. The van der Waals surface area contributed by atoms with Crippen molar-refractivity contribution in [1.82, 2.24) is 4.72 Å². The third-order valence-electron chi connectivity index (χ3n) is 4.53. The van der Waals surface area contributed by atoms with E-state index >= 15 is 0 Å². The van der Waals surface area contributed by atoms with E-state index in [1.807, 2.05) is 38.3 Å². The lowest BCUT2D eigenvalue weighted by molar-refractivity contribution is 0.102. The number of hydrogen-bond acceptors (Lipinski definition) is 5. The van der Waals surface area contributed by atoms with Crippen LogP contribution in [-0.2, 0) is 22.0 Å². The molecule has 30 heavy (non-hydrogen) atoms. The number of carbonyl (C=O) groups is 1. The Hall–Kier alpha value is -2.68. The van der Waals surface area contributed by atoms with Crippen LogP contribution in [0.25, 0.3) is 0 Å². The summed E-state index contributed by atoms with van der Waals surface area (Å²) in [7, 11) is -3.77. The Morgan fingerprint density at radius 3 is 2.50 bits per heavy atom. The molecule has 0 aliphatic heterocycles. The van der Waals surface area contributed by atoms with Crippen molar-refractivity contribution in [2.75, 3.05) is 5.32 Å². The molecule has 0 aliphatic rings. The lowest BCUT2D eigenvalue weighted by Crippen LogP contribution is -2.23. The van der Waals surface area contributed by atoms with Gasteiger partial charge in [-0.05, 0) is 52.8 Å². The van der Waals surface area contributed by atoms with Gasteiger partial charge in [-0.15, -0.1) is 11.3 Å². The minimum atomic E-state index is -3.77. The average molecular weight is 445 g/mol. The average Bonchev–Trinajstić information content (AvgIpc) is 3.21. The molecule has 1 amide bonds. The lowest BCUT2D eigenvalue weighted by atomic mass is 9.87. The molecule has 3 N–H and O–H groups in total. The van der Waals surface area contributed by atoms with E-state index in [4.69, 9.17) is 0 Å². The normalized spacial score (nSPS) is 12.0. The van der Waals surface area contributed by atoms with E-state index in [-0.39, 0.29) is 33.9 Å². The zero-order chi connectivity index (χ0) is 21.9. The minimum Gasteiger partial charge on any atom is -0.506 e. The van der Waals surface area contributed by atoms with E-state index in [1.165, 1.54) is 41.7 Å². The van der Waals surface area contributed by atoms with Gasteiger partial charge in [0.2, 0.25) is 10.0 Å². The van der Waals surface area contributed by atoms with Crippen molar-refractivity contribution in [3.05, 3.63) is 76.0 Å². The van der Waals surface area contributed by atoms with Crippen molar-refractivity contribution in [3.8, 4) is 5.75 Å². The number of thiophene rings is 1. The van der Waals surface area contributed by atoms with Gasteiger partial charge in [0.05, 0.1) is 10.6 Å². The fraction of sp³-hybridized carbons (Fsp3) is 0.227. The van der Waals surface area contributed by atoms with Crippen LogP contribution in [0.5, 0.6) is 5.75 Å². The molecule has 6 nitrogen and oxygen atoms in total. The maximum Gasteiger partial charge on any atom is 0.255 e. The number of aromatic hydroxyl groups is 1. The van der Waals surface area contributed by atoms with Gasteiger partial charge in [-0.1, -0.05) is 39.0 Å². The molecule has 3 aromatic rings. The molecule has 1 heterocycles. The van der Waals surface area contributed by atoms with Crippen molar-refractivity contribution in [1.29, 1.82) is 0 Å². The number of carbonyl (C=O) groups excluding carboxylic acids is 1. The zero-order valence-corrected chi connectivity index (χ0v) is 18.6. The molecule has 0 aliphatic carbocycles. The van der Waals surface area contributed by atoms with E-state index in [0.29, 0.717) is 0 Å². The Labute approximate surface area is 180 Å². The number of anilines is 1. The molecule has 0 radical (unpaired) electrons. The molecular weight excluding hydrogens is 420 g/mol. The molecule has 3 rings (SSSR count). The fourth-order valence-electron chi connectivity index (χ4n) is 2.76. The van der Waals surface area contributed by atoms with Crippen LogP contribution in [0.4, 0.5) is 5.69 Å². The second-order valence-corrected chi connectivity index (χ2v) is 10.7. The maximum absolute atomic E-state index is 12.7. The van der Waals surface area contributed by atoms with Gasteiger partial charge in [-0.3, -0.25) is 4.79 Å². The van der Waals surface area contributed by atoms with Gasteiger partial charge >= 0.3 is 0 Å². The summed E-state index contributed by atoms with van der Waals surface area (Å²) in [6.07, 6.45) is 0. The van der Waals surface area contributed by atoms with Crippen molar-refractivity contribution in [2.24, 2.45) is 0 Å². The molecule has 2 aromatic carbocycles. The number of phenols is 1. The Morgan fingerprint density at radius 1 is 1.07 bits per heavy atom. The molecule has 8 heteroatoms. The van der Waals surface area contributed by atoms with E-state index < -0.39 is 15.9 Å². The third-order valence-corrected chi connectivity index (χ3v) is 6.81. The second-order valence-electron chi connectivity index (χ2n) is 7.87. The van der Waals surface area contributed by atoms with Gasteiger partial charge in [0, 0.05) is 17.0 Å². The number of sulfonamides is 1. The Balaban J connectivity index is 1.79. The molecule has 0 atom stereocenters. The number of nitrogens with one attached hydrogen (secondary N) is 2. The number of amides is 1. The number of hydrogen-bond donors (Lipinski definition) is 3. The van der Waals surface area contributed by atoms with Gasteiger partial charge in [0.25, 0.3) is 5.91 Å². The van der Waals surface area contributed by atoms with Crippen LogP contribution in [0, 0.1) is 0 Å². The smallest absolute Gasteiger partial charge is 0.255 e. The summed E-state index contributed by atoms with van der Waals surface area (Å²) in [5, 5.41) is 14.7. The first kappa shape index (κ1) is 22.0. The van der Waals surface area contributed by atoms with Gasteiger partial charge < -0.3 is 10.4 Å². The molecule has 0 saturated carbocycles. The van der Waals surface area contributed by atoms with E-state index in [2.05, 4.69) is 10.0 Å². The summed E-state index contributed by atoms with van der Waals surface area (Å²) < 4.78 is 27.7. The van der Waals surface area contributed by atoms with Crippen molar-refractivity contribution in [3.63, 3.8) is 0 Å². The molecular formula is C22H24N2O4S2. The van der Waals surface area contributed by atoms with Crippen LogP contribution in [0.1, 0.15) is 41.6 Å². The van der Waals surface area contributed by atoms with Gasteiger partial charge in [0.1, 0.15) is 5.75 Å². The maximum atomic E-state index is 12.7. The predicted octanol–water partition coefficient (Wildman–Crippen LogP) is 4.48. The molecule has 0 spiro atoms. The second kappa shape index (κ2) is 8.59. The molecule has 158 valence electrons. The zero-order valence-electron chi connectivity index (χ0n) is 17.0. The first-order chi connectivity index (χ1) is 14.1. The number of phenolic OH excluding ortho intramolecular Hbond substituents is 1. The third kappa shape index (κ3) is 5.27. The highest BCUT2D eigenvalue weighted by Gasteiger charge is 2.19. The first-order valence-corrected chi connectivity index (χ1v) is 11.7. The van der Waals surface area contributed by atoms with Crippen LogP contribution in [0.15, 0.2) is 64.9 Å². The van der Waals surface area contributed by atoms with E-state index in [9.17, 15) is 18.3 Å². The lowest BCUT2D eigenvalue weighted by Gasteiger charge is -2.20. The van der Waals surface area contributed by atoms with E-state index in [0.717, 1.165) is 10.4 Å². The van der Waals surface area contributed by atoms with Gasteiger partial charge in [-0.2, -0.15) is 0 Å². The molecule has 0 saturated heterocycles. The first-order valence-electron chi connectivity index (χ1n) is 9.33. The highest BCUT2D eigenvalue weighted by molar-refractivity contribution is 7.89. The summed E-state index contributed by atoms with van der Waals surface area (Å²) in [4.78, 5) is 13.6. The highest BCUT2D eigenvalue weighted by Crippen LogP contribution is 2.31. The summed E-state index contributed by atoms with van der Waals surface area (Å²) in [6, 6.07) is 14.5. The largest absolute Gasteiger partial charge is 0.506 e. The Morgan fingerprint density at radius 2 is 1.83 bits per heavy atom. The summed E-state index contributed by atoms with van der Waals surface area (Å²) in [5.41, 5.74) is 1.24. The van der Waals surface area contributed by atoms with E-state index in [1.54, 1.807) is 12.1 Å². The van der Waals surface area contributed by atoms with Crippen LogP contribution < -0.4 is 10.0 Å². The summed E-state index contributed by atoms with van der Waals surface area (Å²) in [6.45, 7) is 6.28. The quantitative estimate of drug-likeness (QED) is 0.489. The molecule has 1 aromatic heterocycles. The Bertz CT molecular complexity index is 1150. The van der Waals surface area contributed by atoms with Crippen molar-refractivity contribution >= 4 is 33.0 Å². The SMILES string of the molecule is CC(C)(C)c1ccc(O)c(NC(=O)c2cccc(S(=O)(=O)NCc3cccs3)c2)c1. The monoisotopic (exact) mass is 444 g/mol. The Kier molecular flexibility index (Phi) is 6.30. The van der Waals surface area contributed by atoms with Crippen LogP contribution in [0.3, 0.4) is 0 Å². The molecule has 0 bridgehead atoms. The summed E-state index contributed by atoms with van der Waals surface area (Å²) in [5.74, 6) is -0.565. The summed E-state index contributed by atoms with van der Waals surface area (Å²) >= 11 is 1.46. The number of rotatable bonds is 6. The predicted molar refractivity (Wildman–Crippen MR) is 120 cm³/mol. The standard InChI is InChI=1S/C22H24N2O4S2/c1-22(2,3)16-9-10-20(25)19(13-16)24-21(26)15-6-4-8-18(12-15)30(27,28)23-14-17-7-5-11-29-17/h4-13,23,25H,14H2,1-3H3,(H,24,26). The van der Waals surface area contributed by atoms with Crippen molar-refractivity contribution in [2.45, 2.75) is 37.6 Å².